The van der Waals surface area contributed by atoms with Gasteiger partial charge in [0.2, 0.25) is 6.79 Å². The van der Waals surface area contributed by atoms with E-state index in [1.807, 2.05) is 49.4 Å². The Hall–Kier alpha value is -3.51. The zero-order chi connectivity index (χ0) is 24.9. The Morgan fingerprint density at radius 3 is 2.50 bits per heavy atom. The normalized spacial score (nSPS) is 16.5. The summed E-state index contributed by atoms with van der Waals surface area (Å²) in [5.41, 5.74) is 4.21. The number of amides is 1. The van der Waals surface area contributed by atoms with Gasteiger partial charge in [0, 0.05) is 17.7 Å². The molecular weight excluding hydrogens is 452 g/mol. The Balaban J connectivity index is 1.10. The van der Waals surface area contributed by atoms with Crippen LogP contribution in [0.5, 0.6) is 17.2 Å². The fourth-order valence-corrected chi connectivity index (χ4v) is 5.15. The third-order valence-electron chi connectivity index (χ3n) is 7.24. The van der Waals surface area contributed by atoms with E-state index in [9.17, 15) is 4.79 Å². The molecule has 188 valence electrons. The van der Waals surface area contributed by atoms with Crippen LogP contribution in [0.1, 0.15) is 52.9 Å². The van der Waals surface area contributed by atoms with Crippen molar-refractivity contribution < 1.29 is 19.0 Å². The van der Waals surface area contributed by atoms with Gasteiger partial charge in [-0.3, -0.25) is 9.69 Å². The summed E-state index contributed by atoms with van der Waals surface area (Å²) in [5.74, 6) is 3.07. The molecule has 1 saturated heterocycles. The molecule has 2 aliphatic rings. The first kappa shape index (κ1) is 24.2. The summed E-state index contributed by atoms with van der Waals surface area (Å²) in [6, 6.07) is 21.9. The average molecular weight is 487 g/mol. The molecule has 3 aromatic rings. The molecule has 2 aliphatic heterocycles. The standard InChI is InChI=1S/C30H34N2O4/c1-21(26-5-3-4-6-27(26)34-2)31-30(33)25-10-7-22(8-11-25)17-23-13-15-32(16-14-23)19-24-9-12-28-29(18-24)36-20-35-28/h3-12,18,21,23H,13-17,19-20H2,1-2H3,(H,31,33)/t21-/m1/s1. The van der Waals surface area contributed by atoms with Crippen LogP contribution in [-0.4, -0.2) is 37.8 Å². The molecular formula is C30H34N2O4. The number of hydrogen-bond acceptors (Lipinski definition) is 5. The van der Waals surface area contributed by atoms with Crippen molar-refractivity contribution >= 4 is 5.91 Å². The molecule has 1 amide bonds. The number of carbonyl (C=O) groups is 1. The van der Waals surface area contributed by atoms with Crippen molar-refractivity contribution in [3.05, 3.63) is 89.0 Å². The first-order chi connectivity index (χ1) is 17.6. The maximum Gasteiger partial charge on any atom is 0.251 e. The summed E-state index contributed by atoms with van der Waals surface area (Å²) < 4.78 is 16.4. The topological polar surface area (TPSA) is 60.0 Å². The fourth-order valence-electron chi connectivity index (χ4n) is 5.15. The molecule has 0 saturated carbocycles. The van der Waals surface area contributed by atoms with Crippen molar-refractivity contribution in [3.63, 3.8) is 0 Å². The number of fused-ring (bicyclic) bond motifs is 1. The highest BCUT2D eigenvalue weighted by Crippen LogP contribution is 2.33. The zero-order valence-electron chi connectivity index (χ0n) is 21.0. The highest BCUT2D eigenvalue weighted by Gasteiger charge is 2.21. The van der Waals surface area contributed by atoms with E-state index in [0.29, 0.717) is 18.3 Å². The highest BCUT2D eigenvalue weighted by molar-refractivity contribution is 5.94. The molecule has 0 bridgehead atoms. The molecule has 5 rings (SSSR count). The van der Waals surface area contributed by atoms with E-state index in [1.54, 1.807) is 7.11 Å². The van der Waals surface area contributed by atoms with Gasteiger partial charge in [0.15, 0.2) is 11.5 Å². The van der Waals surface area contributed by atoms with Gasteiger partial charge >= 0.3 is 0 Å². The molecule has 0 spiro atoms. The van der Waals surface area contributed by atoms with E-state index in [2.05, 4.69) is 34.5 Å². The van der Waals surface area contributed by atoms with Crippen LogP contribution in [0.25, 0.3) is 0 Å². The number of carbonyl (C=O) groups excluding carboxylic acids is 1. The summed E-state index contributed by atoms with van der Waals surface area (Å²) in [6.45, 7) is 5.43. The summed E-state index contributed by atoms with van der Waals surface area (Å²) in [5, 5.41) is 3.09. The second-order valence-corrected chi connectivity index (χ2v) is 9.75. The fraction of sp³-hybridized carbons (Fsp3) is 0.367. The van der Waals surface area contributed by atoms with Crippen LogP contribution in [0.4, 0.5) is 0 Å². The van der Waals surface area contributed by atoms with Gasteiger partial charge in [-0.05, 0) is 86.7 Å². The van der Waals surface area contributed by atoms with Gasteiger partial charge in [0.1, 0.15) is 5.75 Å². The van der Waals surface area contributed by atoms with Crippen LogP contribution in [0.15, 0.2) is 66.7 Å². The van der Waals surface area contributed by atoms with Crippen molar-refractivity contribution in [2.24, 2.45) is 5.92 Å². The second-order valence-electron chi connectivity index (χ2n) is 9.75. The van der Waals surface area contributed by atoms with Crippen LogP contribution in [0, 0.1) is 5.92 Å². The largest absolute Gasteiger partial charge is 0.496 e. The Morgan fingerprint density at radius 1 is 1.00 bits per heavy atom. The lowest BCUT2D eigenvalue weighted by molar-refractivity contribution is 0.0939. The molecule has 6 heteroatoms. The predicted molar refractivity (Wildman–Crippen MR) is 140 cm³/mol. The number of nitrogens with zero attached hydrogens (tertiary/aromatic N) is 1. The predicted octanol–water partition coefficient (Wildman–Crippen LogP) is 5.37. The van der Waals surface area contributed by atoms with E-state index in [4.69, 9.17) is 14.2 Å². The number of nitrogens with one attached hydrogen (secondary N) is 1. The van der Waals surface area contributed by atoms with E-state index >= 15 is 0 Å². The van der Waals surface area contributed by atoms with Crippen molar-refractivity contribution in [1.29, 1.82) is 0 Å². The molecule has 0 radical (unpaired) electrons. The van der Waals surface area contributed by atoms with Crippen molar-refractivity contribution in [2.75, 3.05) is 27.0 Å². The van der Waals surface area contributed by atoms with Crippen LogP contribution in [0.2, 0.25) is 0 Å². The number of rotatable bonds is 8. The molecule has 1 N–H and O–H groups in total. The van der Waals surface area contributed by atoms with Gasteiger partial charge in [-0.15, -0.1) is 0 Å². The van der Waals surface area contributed by atoms with Crippen LogP contribution in [-0.2, 0) is 13.0 Å². The molecule has 6 nitrogen and oxygen atoms in total. The van der Waals surface area contributed by atoms with Gasteiger partial charge in [0.05, 0.1) is 13.2 Å². The minimum atomic E-state index is -0.142. The lowest BCUT2D eigenvalue weighted by atomic mass is 9.89. The van der Waals surface area contributed by atoms with Crippen molar-refractivity contribution in [1.82, 2.24) is 10.2 Å². The van der Waals surface area contributed by atoms with E-state index in [-0.39, 0.29) is 11.9 Å². The first-order valence-corrected chi connectivity index (χ1v) is 12.7. The summed E-state index contributed by atoms with van der Waals surface area (Å²) >= 11 is 0. The van der Waals surface area contributed by atoms with Gasteiger partial charge < -0.3 is 19.5 Å². The summed E-state index contributed by atoms with van der Waals surface area (Å²) in [6.07, 6.45) is 3.42. The van der Waals surface area contributed by atoms with Crippen molar-refractivity contribution in [3.8, 4) is 17.2 Å². The van der Waals surface area contributed by atoms with Gasteiger partial charge in [0.25, 0.3) is 5.91 Å². The molecule has 1 fully saturated rings. The third-order valence-corrected chi connectivity index (χ3v) is 7.24. The van der Waals surface area contributed by atoms with Gasteiger partial charge in [-0.2, -0.15) is 0 Å². The van der Waals surface area contributed by atoms with E-state index in [0.717, 1.165) is 48.9 Å². The second kappa shape index (κ2) is 11.0. The van der Waals surface area contributed by atoms with Gasteiger partial charge in [-0.25, -0.2) is 0 Å². The number of methoxy groups -OCH3 is 1. The zero-order valence-corrected chi connectivity index (χ0v) is 21.0. The number of likely N-dealkylation sites (tertiary alicyclic amines) is 1. The number of para-hydroxylation sites is 1. The van der Waals surface area contributed by atoms with Crippen LogP contribution < -0.4 is 19.5 Å². The average Bonchev–Trinajstić information content (AvgIpc) is 3.38. The monoisotopic (exact) mass is 486 g/mol. The molecule has 0 aromatic heterocycles. The number of ether oxygens (including phenoxy) is 3. The molecule has 2 heterocycles. The molecule has 0 aliphatic carbocycles. The van der Waals surface area contributed by atoms with Crippen LogP contribution >= 0.6 is 0 Å². The van der Waals surface area contributed by atoms with E-state index < -0.39 is 0 Å². The smallest absolute Gasteiger partial charge is 0.251 e. The quantitative estimate of drug-likeness (QED) is 0.464. The Kier molecular flexibility index (Phi) is 7.42. The first-order valence-electron chi connectivity index (χ1n) is 12.7. The lowest BCUT2D eigenvalue weighted by Crippen LogP contribution is -2.33. The Morgan fingerprint density at radius 2 is 1.72 bits per heavy atom. The molecule has 36 heavy (non-hydrogen) atoms. The molecule has 3 aromatic carbocycles. The van der Waals surface area contributed by atoms with Gasteiger partial charge in [-0.1, -0.05) is 36.4 Å². The SMILES string of the molecule is COc1ccccc1[C@@H](C)NC(=O)c1ccc(CC2CCN(Cc3ccc4c(c3)OCO4)CC2)cc1. The molecule has 1 atom stereocenters. The maximum atomic E-state index is 12.8. The van der Waals surface area contributed by atoms with Crippen molar-refractivity contribution in [2.45, 2.75) is 38.8 Å². The Labute approximate surface area is 213 Å². The summed E-state index contributed by atoms with van der Waals surface area (Å²) in [4.78, 5) is 15.3. The van der Waals surface area contributed by atoms with E-state index in [1.165, 1.54) is 24.0 Å². The number of hydrogen-bond donors (Lipinski definition) is 1. The third kappa shape index (κ3) is 5.65. The minimum absolute atomic E-state index is 0.0724. The van der Waals surface area contributed by atoms with Crippen LogP contribution in [0.3, 0.4) is 0 Å². The lowest BCUT2D eigenvalue weighted by Gasteiger charge is -2.32. The summed E-state index contributed by atoms with van der Waals surface area (Å²) in [7, 11) is 1.65. The highest BCUT2D eigenvalue weighted by atomic mass is 16.7. The number of benzene rings is 3. The Bertz CT molecular complexity index is 1190. The molecule has 0 unspecified atom stereocenters. The number of piperidine rings is 1. The minimum Gasteiger partial charge on any atom is -0.496 e. The maximum absolute atomic E-state index is 12.8.